The lowest BCUT2D eigenvalue weighted by atomic mass is 10.1. The van der Waals surface area contributed by atoms with Gasteiger partial charge in [-0.3, -0.25) is 4.55 Å². The van der Waals surface area contributed by atoms with E-state index >= 15 is 0 Å². The summed E-state index contributed by atoms with van der Waals surface area (Å²) in [6.45, 7) is -1.34. The lowest BCUT2D eigenvalue weighted by molar-refractivity contribution is -0.303. The fraction of sp³-hybridized carbons (Fsp3) is 1.00. The molecular weight excluding hydrogens is 241 g/mol. The molecule has 1 fully saturated rings. The molecule has 1 N–H and O–H groups in total. The molecular formula is C6H9F3O5S. The zero-order valence-corrected chi connectivity index (χ0v) is 8.27. The van der Waals surface area contributed by atoms with Gasteiger partial charge in [0, 0.05) is 0 Å². The van der Waals surface area contributed by atoms with Crippen LogP contribution in [0.25, 0.3) is 0 Å². The molecule has 0 aromatic heterocycles. The van der Waals surface area contributed by atoms with Crippen LogP contribution in [0.1, 0.15) is 0 Å². The first-order valence-corrected chi connectivity index (χ1v) is 5.51. The third kappa shape index (κ3) is 3.03. The Labute approximate surface area is 83.9 Å². The number of halogens is 3. The molecule has 15 heavy (non-hydrogen) atoms. The molecule has 1 aliphatic heterocycles. The molecule has 1 saturated heterocycles. The quantitative estimate of drug-likeness (QED) is 0.710. The van der Waals surface area contributed by atoms with Crippen molar-refractivity contribution >= 4 is 10.1 Å². The van der Waals surface area contributed by atoms with E-state index < -0.39 is 34.3 Å². The lowest BCUT2D eigenvalue weighted by Gasteiger charge is -2.37. The molecule has 0 aromatic carbocycles. The number of alkyl halides is 3. The molecule has 1 atom stereocenters. The highest BCUT2D eigenvalue weighted by molar-refractivity contribution is 7.85. The van der Waals surface area contributed by atoms with Crippen LogP contribution in [0.4, 0.5) is 13.2 Å². The average molecular weight is 250 g/mol. The van der Waals surface area contributed by atoms with Crippen LogP contribution in [-0.4, -0.2) is 50.3 Å². The Morgan fingerprint density at radius 3 is 2.27 bits per heavy atom. The monoisotopic (exact) mass is 250 g/mol. The summed E-state index contributed by atoms with van der Waals surface area (Å²) in [5.74, 6) is -1.55. The summed E-state index contributed by atoms with van der Waals surface area (Å²) in [5, 5.41) is 0. The van der Waals surface area contributed by atoms with E-state index in [9.17, 15) is 21.6 Å². The van der Waals surface area contributed by atoms with Crippen molar-refractivity contribution in [1.29, 1.82) is 0 Å². The van der Waals surface area contributed by atoms with E-state index in [1.165, 1.54) is 0 Å². The van der Waals surface area contributed by atoms with E-state index in [-0.39, 0.29) is 13.2 Å². The average Bonchev–Trinajstić information content (AvgIpc) is 2.00. The molecule has 9 heteroatoms. The van der Waals surface area contributed by atoms with Gasteiger partial charge in [0.25, 0.3) is 10.1 Å². The molecule has 0 saturated carbocycles. The van der Waals surface area contributed by atoms with Gasteiger partial charge >= 0.3 is 6.18 Å². The fourth-order valence-corrected chi connectivity index (χ4v) is 2.12. The second kappa shape index (κ2) is 3.89. The van der Waals surface area contributed by atoms with Gasteiger partial charge in [-0.2, -0.15) is 21.6 Å². The minimum atomic E-state index is -4.91. The maximum absolute atomic E-state index is 12.5. The molecule has 5 nitrogen and oxygen atoms in total. The van der Waals surface area contributed by atoms with Crippen molar-refractivity contribution < 1.29 is 35.6 Å². The fourth-order valence-electron chi connectivity index (χ4n) is 1.20. The van der Waals surface area contributed by atoms with Gasteiger partial charge < -0.3 is 9.47 Å². The molecule has 0 aliphatic carbocycles. The summed E-state index contributed by atoms with van der Waals surface area (Å²) in [6.07, 6.45) is -4.91. The smallest absolute Gasteiger partial charge is 0.376 e. The normalized spacial score (nSPS) is 29.1. The maximum Gasteiger partial charge on any atom is 0.420 e. The zero-order chi connectivity index (χ0) is 11.7. The minimum Gasteiger partial charge on any atom is -0.376 e. The number of hydrogen-bond donors (Lipinski definition) is 1. The van der Waals surface area contributed by atoms with E-state index in [1.54, 1.807) is 0 Å². The van der Waals surface area contributed by atoms with Crippen LogP contribution in [0.15, 0.2) is 0 Å². The van der Waals surface area contributed by atoms with Gasteiger partial charge in [0.2, 0.25) is 5.60 Å². The Hall–Kier alpha value is -0.380. The Bertz CT molecular complexity index is 316. The van der Waals surface area contributed by atoms with Crippen LogP contribution < -0.4 is 0 Å². The van der Waals surface area contributed by atoms with Gasteiger partial charge in [0.1, 0.15) is 5.75 Å². The summed E-state index contributed by atoms with van der Waals surface area (Å²) >= 11 is 0. The Morgan fingerprint density at radius 1 is 1.33 bits per heavy atom. The van der Waals surface area contributed by atoms with E-state index in [0.717, 1.165) is 0 Å². The second-order valence-electron chi connectivity index (χ2n) is 3.12. The molecule has 0 spiro atoms. The molecule has 0 unspecified atom stereocenters. The third-order valence-corrected chi connectivity index (χ3v) is 2.70. The largest absolute Gasteiger partial charge is 0.420 e. The molecule has 1 rings (SSSR count). The van der Waals surface area contributed by atoms with Crippen LogP contribution in [0, 0.1) is 0 Å². The van der Waals surface area contributed by atoms with Crippen LogP contribution in [-0.2, 0) is 19.6 Å². The van der Waals surface area contributed by atoms with Crippen molar-refractivity contribution in [2.75, 3.05) is 25.6 Å². The highest BCUT2D eigenvalue weighted by Gasteiger charge is 2.59. The first kappa shape index (κ1) is 12.7. The van der Waals surface area contributed by atoms with Crippen LogP contribution in [0.2, 0.25) is 0 Å². The first-order valence-electron chi connectivity index (χ1n) is 3.90. The van der Waals surface area contributed by atoms with Gasteiger partial charge in [-0.25, -0.2) is 0 Å². The van der Waals surface area contributed by atoms with Crippen molar-refractivity contribution in [3.05, 3.63) is 0 Å². The van der Waals surface area contributed by atoms with E-state index in [4.69, 9.17) is 4.55 Å². The first-order chi connectivity index (χ1) is 6.66. The summed E-state index contributed by atoms with van der Waals surface area (Å²) in [7, 11) is -4.79. The SMILES string of the molecule is O=S(=O)(O)C[C@]1(C(F)(F)F)COCCO1. The minimum absolute atomic E-state index is 0.0384. The zero-order valence-electron chi connectivity index (χ0n) is 7.45. The topological polar surface area (TPSA) is 72.8 Å². The predicted octanol–water partition coefficient (Wildman–Crippen LogP) is 0.222. The van der Waals surface area contributed by atoms with Crippen LogP contribution in [0.5, 0.6) is 0 Å². The second-order valence-corrected chi connectivity index (χ2v) is 4.57. The van der Waals surface area contributed by atoms with E-state index in [0.29, 0.717) is 0 Å². The highest BCUT2D eigenvalue weighted by Crippen LogP contribution is 2.36. The number of ether oxygens (including phenoxy) is 2. The Balaban J connectivity index is 2.96. The Morgan fingerprint density at radius 2 is 1.93 bits per heavy atom. The lowest BCUT2D eigenvalue weighted by Crippen LogP contribution is -2.58. The number of hydrogen-bond acceptors (Lipinski definition) is 4. The number of rotatable bonds is 2. The van der Waals surface area contributed by atoms with Gasteiger partial charge in [0.05, 0.1) is 19.8 Å². The van der Waals surface area contributed by atoms with Gasteiger partial charge in [-0.15, -0.1) is 0 Å². The molecule has 0 radical (unpaired) electrons. The summed E-state index contributed by atoms with van der Waals surface area (Å²) in [5.41, 5.74) is -2.96. The van der Waals surface area contributed by atoms with Gasteiger partial charge in [-0.05, 0) is 0 Å². The maximum atomic E-state index is 12.5. The Kier molecular flexibility index (Phi) is 3.29. The van der Waals surface area contributed by atoms with Crippen molar-refractivity contribution in [3.8, 4) is 0 Å². The van der Waals surface area contributed by atoms with E-state index in [2.05, 4.69) is 9.47 Å². The standard InChI is InChI=1S/C6H9F3O5S/c7-6(8,9)5(4-15(10,11)12)3-13-1-2-14-5/h1-4H2,(H,10,11,12)/t5-/m0/s1. The van der Waals surface area contributed by atoms with Gasteiger partial charge in [-0.1, -0.05) is 0 Å². The van der Waals surface area contributed by atoms with Crippen molar-refractivity contribution in [3.63, 3.8) is 0 Å². The summed E-state index contributed by atoms with van der Waals surface area (Å²) < 4.78 is 76.0. The molecule has 1 aliphatic rings. The molecule has 90 valence electrons. The van der Waals surface area contributed by atoms with Crippen molar-refractivity contribution in [1.82, 2.24) is 0 Å². The summed E-state index contributed by atoms with van der Waals surface area (Å²) in [6, 6.07) is 0. The van der Waals surface area contributed by atoms with E-state index in [1.807, 2.05) is 0 Å². The molecule has 0 bridgehead atoms. The third-order valence-electron chi connectivity index (χ3n) is 1.87. The molecule has 0 aromatic rings. The summed E-state index contributed by atoms with van der Waals surface area (Å²) in [4.78, 5) is 0. The molecule has 0 amide bonds. The highest BCUT2D eigenvalue weighted by atomic mass is 32.2. The van der Waals surface area contributed by atoms with Gasteiger partial charge in [0.15, 0.2) is 0 Å². The van der Waals surface area contributed by atoms with Crippen molar-refractivity contribution in [2.45, 2.75) is 11.8 Å². The van der Waals surface area contributed by atoms with Crippen LogP contribution in [0.3, 0.4) is 0 Å². The predicted molar refractivity (Wildman–Crippen MR) is 42.0 cm³/mol. The molecule has 1 heterocycles. The van der Waals surface area contributed by atoms with Crippen molar-refractivity contribution in [2.24, 2.45) is 0 Å². The van der Waals surface area contributed by atoms with Crippen LogP contribution >= 0.6 is 0 Å².